The van der Waals surface area contributed by atoms with Crippen molar-refractivity contribution < 1.29 is 9.53 Å². The van der Waals surface area contributed by atoms with Crippen molar-refractivity contribution in [2.75, 3.05) is 37.7 Å². The van der Waals surface area contributed by atoms with Gasteiger partial charge in [0, 0.05) is 61.4 Å². The van der Waals surface area contributed by atoms with Gasteiger partial charge in [-0.15, -0.1) is 0 Å². The van der Waals surface area contributed by atoms with Crippen molar-refractivity contribution >= 4 is 22.8 Å². The first-order valence-electron chi connectivity index (χ1n) is 9.09. The molecule has 0 aromatic carbocycles. The average molecular weight is 366 g/mol. The van der Waals surface area contributed by atoms with Gasteiger partial charge in [0.1, 0.15) is 11.5 Å². The number of aromatic nitrogens is 4. The molecule has 4 heterocycles. The van der Waals surface area contributed by atoms with E-state index in [0.29, 0.717) is 19.7 Å². The molecule has 0 aliphatic carbocycles. The van der Waals surface area contributed by atoms with Crippen molar-refractivity contribution in [1.82, 2.24) is 24.8 Å². The molecule has 4 rings (SSSR count). The highest BCUT2D eigenvalue weighted by Gasteiger charge is 2.23. The third-order valence-corrected chi connectivity index (χ3v) is 4.75. The fraction of sp³-hybridized carbons (Fsp3) is 0.368. The summed E-state index contributed by atoms with van der Waals surface area (Å²) in [5.41, 5.74) is 3.81. The number of rotatable bonds is 3. The van der Waals surface area contributed by atoms with Crippen molar-refractivity contribution in [3.63, 3.8) is 0 Å². The normalized spacial score (nSPS) is 14.6. The van der Waals surface area contributed by atoms with E-state index in [-0.39, 0.29) is 6.09 Å². The smallest absolute Gasteiger partial charge is 0.409 e. The minimum atomic E-state index is -0.236. The Morgan fingerprint density at radius 3 is 2.63 bits per heavy atom. The lowest BCUT2D eigenvalue weighted by molar-refractivity contribution is 0.105. The fourth-order valence-electron chi connectivity index (χ4n) is 3.32. The summed E-state index contributed by atoms with van der Waals surface area (Å²) in [7, 11) is 0. The number of ether oxygens (including phenoxy) is 1. The highest BCUT2D eigenvalue weighted by Crippen LogP contribution is 2.30. The predicted molar refractivity (Wildman–Crippen MR) is 103 cm³/mol. The molecule has 0 atom stereocenters. The summed E-state index contributed by atoms with van der Waals surface area (Å²) in [5.74, 6) is 0.744. The summed E-state index contributed by atoms with van der Waals surface area (Å²) in [6.45, 7) is 6.89. The summed E-state index contributed by atoms with van der Waals surface area (Å²) < 4.78 is 5.09. The standard InChI is InChI=1S/C19H22N6O2/c1-3-27-19(26)25-8-6-24(7-9-25)17-4-5-20-18-15(17)10-16(23-18)14-11-21-13(2)22-12-14/h4-5,10-12H,3,6-9H2,1-2H3,(H,20,23). The Morgan fingerprint density at radius 1 is 1.19 bits per heavy atom. The molecule has 0 saturated carbocycles. The third-order valence-electron chi connectivity index (χ3n) is 4.75. The molecule has 0 unspecified atom stereocenters. The van der Waals surface area contributed by atoms with Gasteiger partial charge in [0.2, 0.25) is 0 Å². The van der Waals surface area contributed by atoms with E-state index in [4.69, 9.17) is 4.74 Å². The maximum absolute atomic E-state index is 11.9. The molecular weight excluding hydrogens is 344 g/mol. The van der Waals surface area contributed by atoms with Gasteiger partial charge in [-0.25, -0.2) is 19.7 Å². The molecule has 27 heavy (non-hydrogen) atoms. The maximum Gasteiger partial charge on any atom is 0.409 e. The number of hydrogen-bond donors (Lipinski definition) is 1. The topological polar surface area (TPSA) is 87.2 Å². The zero-order valence-corrected chi connectivity index (χ0v) is 15.5. The summed E-state index contributed by atoms with van der Waals surface area (Å²) in [5, 5.41) is 1.05. The quantitative estimate of drug-likeness (QED) is 0.767. The number of anilines is 1. The summed E-state index contributed by atoms with van der Waals surface area (Å²) >= 11 is 0. The first-order chi connectivity index (χ1) is 13.2. The van der Waals surface area contributed by atoms with E-state index in [1.54, 1.807) is 11.1 Å². The van der Waals surface area contributed by atoms with E-state index in [1.807, 2.05) is 32.3 Å². The predicted octanol–water partition coefficient (Wildman–Crippen LogP) is 2.61. The van der Waals surface area contributed by atoms with E-state index in [1.165, 1.54) is 0 Å². The Labute approximate surface area is 157 Å². The number of aryl methyl sites for hydroxylation is 1. The van der Waals surface area contributed by atoms with Gasteiger partial charge < -0.3 is 19.5 Å². The second kappa shape index (κ2) is 7.22. The van der Waals surface area contributed by atoms with Crippen molar-refractivity contribution in [2.24, 2.45) is 0 Å². The Kier molecular flexibility index (Phi) is 4.62. The molecule has 3 aromatic heterocycles. The molecule has 3 aromatic rings. The number of carbonyl (C=O) groups is 1. The highest BCUT2D eigenvalue weighted by atomic mass is 16.6. The number of carbonyl (C=O) groups excluding carboxylic acids is 1. The van der Waals surface area contributed by atoms with Crippen LogP contribution in [0.5, 0.6) is 0 Å². The number of nitrogens with one attached hydrogen (secondary N) is 1. The van der Waals surface area contributed by atoms with E-state index in [9.17, 15) is 4.79 Å². The SMILES string of the molecule is CCOC(=O)N1CCN(c2ccnc3[nH]c(-c4cnc(C)nc4)cc23)CC1. The van der Waals surface area contributed by atoms with E-state index in [2.05, 4.69) is 30.9 Å². The number of pyridine rings is 1. The van der Waals surface area contributed by atoms with Gasteiger partial charge in [0.05, 0.1) is 12.3 Å². The van der Waals surface area contributed by atoms with Crippen molar-refractivity contribution in [3.05, 3.63) is 36.5 Å². The lowest BCUT2D eigenvalue weighted by Crippen LogP contribution is -2.49. The first kappa shape index (κ1) is 17.3. The Balaban J connectivity index is 1.58. The number of piperazine rings is 1. The van der Waals surface area contributed by atoms with Crippen LogP contribution in [0.15, 0.2) is 30.7 Å². The van der Waals surface area contributed by atoms with Gasteiger partial charge in [-0.1, -0.05) is 0 Å². The second-order valence-corrected chi connectivity index (χ2v) is 6.47. The zero-order chi connectivity index (χ0) is 18.8. The summed E-state index contributed by atoms with van der Waals surface area (Å²) in [6, 6.07) is 4.11. The van der Waals surface area contributed by atoms with Gasteiger partial charge >= 0.3 is 6.09 Å². The molecule has 1 aliphatic heterocycles. The van der Waals surface area contributed by atoms with Crippen LogP contribution in [-0.4, -0.2) is 63.7 Å². The lowest BCUT2D eigenvalue weighted by atomic mass is 10.2. The maximum atomic E-state index is 11.9. The molecule has 8 nitrogen and oxygen atoms in total. The minimum absolute atomic E-state index is 0.236. The largest absolute Gasteiger partial charge is 0.450 e. The minimum Gasteiger partial charge on any atom is -0.450 e. The van der Waals surface area contributed by atoms with Crippen LogP contribution in [0.1, 0.15) is 12.7 Å². The van der Waals surface area contributed by atoms with Crippen molar-refractivity contribution in [1.29, 1.82) is 0 Å². The van der Waals surface area contributed by atoms with Gasteiger partial charge in [-0.05, 0) is 26.0 Å². The number of aromatic amines is 1. The summed E-state index contributed by atoms with van der Waals surface area (Å²) in [6.07, 6.45) is 5.19. The summed E-state index contributed by atoms with van der Waals surface area (Å²) in [4.78, 5) is 32.3. The molecule has 1 fully saturated rings. The molecule has 0 bridgehead atoms. The number of nitrogens with zero attached hydrogens (tertiary/aromatic N) is 5. The second-order valence-electron chi connectivity index (χ2n) is 6.47. The zero-order valence-electron chi connectivity index (χ0n) is 15.5. The van der Waals surface area contributed by atoms with E-state index >= 15 is 0 Å². The van der Waals surface area contributed by atoms with Crippen LogP contribution in [-0.2, 0) is 4.74 Å². The molecular formula is C19H22N6O2. The molecule has 0 radical (unpaired) electrons. The number of fused-ring (bicyclic) bond motifs is 1. The third kappa shape index (κ3) is 3.42. The monoisotopic (exact) mass is 366 g/mol. The van der Waals surface area contributed by atoms with Crippen LogP contribution in [0, 0.1) is 6.92 Å². The van der Waals surface area contributed by atoms with Crippen LogP contribution in [0.4, 0.5) is 10.5 Å². The molecule has 0 spiro atoms. The molecule has 1 amide bonds. The Morgan fingerprint density at radius 2 is 1.93 bits per heavy atom. The average Bonchev–Trinajstić information content (AvgIpc) is 3.13. The van der Waals surface area contributed by atoms with Gasteiger partial charge in [-0.3, -0.25) is 0 Å². The highest BCUT2D eigenvalue weighted by molar-refractivity contribution is 5.93. The van der Waals surface area contributed by atoms with Crippen LogP contribution in [0.3, 0.4) is 0 Å². The first-order valence-corrected chi connectivity index (χ1v) is 9.09. The van der Waals surface area contributed by atoms with Gasteiger partial charge in [-0.2, -0.15) is 0 Å². The molecule has 140 valence electrons. The van der Waals surface area contributed by atoms with Crippen molar-refractivity contribution in [2.45, 2.75) is 13.8 Å². The number of amides is 1. The fourth-order valence-corrected chi connectivity index (χ4v) is 3.32. The van der Waals surface area contributed by atoms with Crippen LogP contribution in [0.2, 0.25) is 0 Å². The number of H-pyrrole nitrogens is 1. The van der Waals surface area contributed by atoms with Crippen molar-refractivity contribution in [3.8, 4) is 11.3 Å². The van der Waals surface area contributed by atoms with Crippen LogP contribution < -0.4 is 4.90 Å². The van der Waals surface area contributed by atoms with E-state index < -0.39 is 0 Å². The molecule has 1 saturated heterocycles. The molecule has 1 N–H and O–H groups in total. The number of hydrogen-bond acceptors (Lipinski definition) is 6. The molecule has 8 heteroatoms. The Hall–Kier alpha value is -3.16. The van der Waals surface area contributed by atoms with Gasteiger partial charge in [0.15, 0.2) is 0 Å². The Bertz CT molecular complexity index is 944. The van der Waals surface area contributed by atoms with Crippen LogP contribution >= 0.6 is 0 Å². The van der Waals surface area contributed by atoms with Gasteiger partial charge in [0.25, 0.3) is 0 Å². The lowest BCUT2D eigenvalue weighted by Gasteiger charge is -2.35. The van der Waals surface area contributed by atoms with Crippen LogP contribution in [0.25, 0.3) is 22.3 Å². The van der Waals surface area contributed by atoms with E-state index in [0.717, 1.165) is 46.9 Å². The molecule has 1 aliphatic rings.